The molecule has 0 atom stereocenters. The van der Waals surface area contributed by atoms with Crippen molar-refractivity contribution >= 4 is 46.2 Å². The van der Waals surface area contributed by atoms with Gasteiger partial charge in [0.15, 0.2) is 5.11 Å². The number of nitrogens with zero attached hydrogens (tertiary/aromatic N) is 3. The van der Waals surface area contributed by atoms with Crippen LogP contribution in [0.5, 0.6) is 0 Å². The van der Waals surface area contributed by atoms with Crippen LogP contribution in [0, 0.1) is 11.3 Å². The highest BCUT2D eigenvalue weighted by Crippen LogP contribution is 2.22. The van der Waals surface area contributed by atoms with E-state index < -0.39 is 0 Å². The highest BCUT2D eigenvalue weighted by molar-refractivity contribution is 7.80. The van der Waals surface area contributed by atoms with Crippen molar-refractivity contribution in [3.8, 4) is 6.07 Å². The molecule has 1 N–H and O–H groups in total. The van der Waals surface area contributed by atoms with E-state index in [1.54, 1.807) is 6.07 Å². The van der Waals surface area contributed by atoms with Gasteiger partial charge in [-0.25, -0.2) is 0 Å². The normalized spacial score (nSPS) is 14.0. The predicted octanol–water partition coefficient (Wildman–Crippen LogP) is 4.06. The van der Waals surface area contributed by atoms with Gasteiger partial charge in [0, 0.05) is 42.8 Å². The van der Waals surface area contributed by atoms with Crippen LogP contribution in [0.25, 0.3) is 0 Å². The predicted molar refractivity (Wildman–Crippen MR) is 111 cm³/mol. The van der Waals surface area contributed by atoms with Crippen molar-refractivity contribution in [3.63, 3.8) is 0 Å². The molecule has 0 radical (unpaired) electrons. The van der Waals surface area contributed by atoms with E-state index in [1.165, 1.54) is 0 Å². The van der Waals surface area contributed by atoms with Crippen LogP contribution in [-0.2, 0) is 6.54 Å². The molecule has 3 rings (SSSR count). The SMILES string of the molecule is N#Cc1ccccc1N1CCN(C(=S)NCc2ccc(Cl)cc2Cl)CC1. The molecule has 0 aromatic heterocycles. The molecule has 0 spiro atoms. The van der Waals surface area contributed by atoms with Crippen LogP contribution in [0.4, 0.5) is 5.69 Å². The second-order valence-corrected chi connectivity index (χ2v) is 7.23. The summed E-state index contributed by atoms with van der Waals surface area (Å²) in [5, 5.41) is 14.5. The monoisotopic (exact) mass is 404 g/mol. The molecule has 0 bridgehead atoms. The molecule has 1 fully saturated rings. The average molecular weight is 405 g/mol. The van der Waals surface area contributed by atoms with Crippen LogP contribution in [0.15, 0.2) is 42.5 Å². The maximum Gasteiger partial charge on any atom is 0.169 e. The standard InChI is InChI=1S/C19H18Cl2N4S/c20-16-6-5-15(17(21)11-16)13-23-19(26)25-9-7-24(8-10-25)18-4-2-1-3-14(18)12-22/h1-6,11H,7-10,13H2,(H,23,26). The number of para-hydroxylation sites is 1. The Morgan fingerprint density at radius 1 is 1.12 bits per heavy atom. The maximum absolute atomic E-state index is 9.27. The second kappa shape index (κ2) is 8.59. The zero-order valence-corrected chi connectivity index (χ0v) is 16.4. The third kappa shape index (κ3) is 4.39. The molecule has 7 heteroatoms. The van der Waals surface area contributed by atoms with Gasteiger partial charge < -0.3 is 15.1 Å². The molecule has 1 aliphatic rings. The lowest BCUT2D eigenvalue weighted by molar-refractivity contribution is 0.380. The summed E-state index contributed by atoms with van der Waals surface area (Å²) in [6.45, 7) is 3.82. The Bertz CT molecular complexity index is 842. The number of rotatable bonds is 3. The van der Waals surface area contributed by atoms with Crippen molar-refractivity contribution in [2.75, 3.05) is 31.1 Å². The first-order chi connectivity index (χ1) is 12.6. The Hall–Kier alpha value is -2.00. The smallest absolute Gasteiger partial charge is 0.169 e. The summed E-state index contributed by atoms with van der Waals surface area (Å²) in [4.78, 5) is 4.37. The van der Waals surface area contributed by atoms with E-state index in [2.05, 4.69) is 21.2 Å². The molecule has 1 heterocycles. The topological polar surface area (TPSA) is 42.3 Å². The van der Waals surface area contributed by atoms with E-state index in [0.717, 1.165) is 37.4 Å². The third-order valence-electron chi connectivity index (χ3n) is 4.38. The van der Waals surface area contributed by atoms with Gasteiger partial charge in [0.25, 0.3) is 0 Å². The first-order valence-corrected chi connectivity index (χ1v) is 9.45. The summed E-state index contributed by atoms with van der Waals surface area (Å²) in [6, 6.07) is 15.4. The van der Waals surface area contributed by atoms with Crippen LogP contribution < -0.4 is 10.2 Å². The van der Waals surface area contributed by atoms with Crippen molar-refractivity contribution in [2.24, 2.45) is 0 Å². The average Bonchev–Trinajstić information content (AvgIpc) is 2.67. The molecule has 2 aromatic rings. The Kier molecular flexibility index (Phi) is 6.20. The van der Waals surface area contributed by atoms with Gasteiger partial charge in [0.1, 0.15) is 6.07 Å². The number of anilines is 1. The third-order valence-corrected chi connectivity index (χ3v) is 5.37. The molecule has 26 heavy (non-hydrogen) atoms. The summed E-state index contributed by atoms with van der Waals surface area (Å²) in [5.74, 6) is 0. The minimum absolute atomic E-state index is 0.562. The van der Waals surface area contributed by atoms with Crippen molar-refractivity contribution in [2.45, 2.75) is 6.54 Å². The van der Waals surface area contributed by atoms with Gasteiger partial charge in [-0.1, -0.05) is 41.4 Å². The first-order valence-electron chi connectivity index (χ1n) is 8.29. The summed E-state index contributed by atoms with van der Waals surface area (Å²) < 4.78 is 0. The van der Waals surface area contributed by atoms with Crippen LogP contribution in [0.2, 0.25) is 10.0 Å². The largest absolute Gasteiger partial charge is 0.367 e. The number of nitriles is 1. The van der Waals surface area contributed by atoms with Crippen molar-refractivity contribution < 1.29 is 0 Å². The van der Waals surface area contributed by atoms with E-state index in [0.29, 0.717) is 27.3 Å². The molecule has 1 saturated heterocycles. The molecule has 0 unspecified atom stereocenters. The lowest BCUT2D eigenvalue weighted by Crippen LogP contribution is -2.51. The van der Waals surface area contributed by atoms with E-state index in [1.807, 2.05) is 36.4 Å². The summed E-state index contributed by atoms with van der Waals surface area (Å²) in [7, 11) is 0. The van der Waals surface area contributed by atoms with Crippen LogP contribution in [0.3, 0.4) is 0 Å². The number of hydrogen-bond donors (Lipinski definition) is 1. The Morgan fingerprint density at radius 2 is 1.85 bits per heavy atom. The molecule has 4 nitrogen and oxygen atoms in total. The molecule has 2 aromatic carbocycles. The number of nitrogens with one attached hydrogen (secondary N) is 1. The Morgan fingerprint density at radius 3 is 2.54 bits per heavy atom. The van der Waals surface area contributed by atoms with Crippen molar-refractivity contribution in [1.29, 1.82) is 5.26 Å². The van der Waals surface area contributed by atoms with E-state index >= 15 is 0 Å². The van der Waals surface area contributed by atoms with Gasteiger partial charge in [-0.3, -0.25) is 0 Å². The van der Waals surface area contributed by atoms with Gasteiger partial charge in [-0.2, -0.15) is 5.26 Å². The number of halogens is 2. The van der Waals surface area contributed by atoms with Gasteiger partial charge in [0.05, 0.1) is 11.3 Å². The fraction of sp³-hybridized carbons (Fsp3) is 0.263. The fourth-order valence-corrected chi connectivity index (χ4v) is 3.67. The van der Waals surface area contributed by atoms with Gasteiger partial charge in [-0.15, -0.1) is 0 Å². The number of benzene rings is 2. The minimum Gasteiger partial charge on any atom is -0.367 e. The summed E-state index contributed by atoms with van der Waals surface area (Å²) >= 11 is 17.6. The Balaban J connectivity index is 1.54. The lowest BCUT2D eigenvalue weighted by atomic mass is 10.1. The molecular formula is C19H18Cl2N4S. The summed E-state index contributed by atoms with van der Waals surface area (Å²) in [5.41, 5.74) is 2.65. The van der Waals surface area contributed by atoms with Crippen LogP contribution in [0.1, 0.15) is 11.1 Å². The van der Waals surface area contributed by atoms with Crippen LogP contribution >= 0.6 is 35.4 Å². The Labute approximate surface area is 168 Å². The minimum atomic E-state index is 0.562. The van der Waals surface area contributed by atoms with Crippen molar-refractivity contribution in [3.05, 3.63) is 63.6 Å². The molecule has 134 valence electrons. The number of hydrogen-bond acceptors (Lipinski definition) is 3. The van der Waals surface area contributed by atoms with E-state index in [-0.39, 0.29) is 0 Å². The number of piperazine rings is 1. The zero-order chi connectivity index (χ0) is 18.5. The van der Waals surface area contributed by atoms with Gasteiger partial charge >= 0.3 is 0 Å². The van der Waals surface area contributed by atoms with E-state index in [4.69, 9.17) is 35.4 Å². The molecule has 0 amide bonds. The lowest BCUT2D eigenvalue weighted by Gasteiger charge is -2.37. The van der Waals surface area contributed by atoms with Gasteiger partial charge in [-0.05, 0) is 42.0 Å². The highest BCUT2D eigenvalue weighted by Gasteiger charge is 2.20. The molecule has 0 aliphatic carbocycles. The molecular weight excluding hydrogens is 387 g/mol. The quantitative estimate of drug-likeness (QED) is 0.781. The molecule has 0 saturated carbocycles. The fourth-order valence-electron chi connectivity index (χ4n) is 2.94. The molecule has 1 aliphatic heterocycles. The van der Waals surface area contributed by atoms with E-state index in [9.17, 15) is 5.26 Å². The highest BCUT2D eigenvalue weighted by atomic mass is 35.5. The van der Waals surface area contributed by atoms with Crippen molar-refractivity contribution in [1.82, 2.24) is 10.2 Å². The van der Waals surface area contributed by atoms with Crippen LogP contribution in [-0.4, -0.2) is 36.2 Å². The van der Waals surface area contributed by atoms with Gasteiger partial charge in [0.2, 0.25) is 0 Å². The first kappa shape index (κ1) is 18.8. The maximum atomic E-state index is 9.27. The zero-order valence-electron chi connectivity index (χ0n) is 14.1. The number of thiocarbonyl (C=S) groups is 1. The second-order valence-electron chi connectivity index (χ2n) is 6.00. The summed E-state index contributed by atoms with van der Waals surface area (Å²) in [6.07, 6.45) is 0.